The monoisotopic (exact) mass is 232 g/mol. The van der Waals surface area contributed by atoms with Gasteiger partial charge in [-0.2, -0.15) is 13.6 Å². The quantitative estimate of drug-likeness (QED) is 0.601. The molecule has 1 aromatic carbocycles. The Morgan fingerprint density at radius 3 is 2.53 bits per heavy atom. The third-order valence-corrected chi connectivity index (χ3v) is 2.01. The van der Waals surface area contributed by atoms with E-state index in [0.29, 0.717) is 5.56 Å². The van der Waals surface area contributed by atoms with Crippen LogP contribution in [0.25, 0.3) is 0 Å². The predicted molar refractivity (Wildman–Crippen MR) is 51.6 cm³/mol. The fourth-order valence-corrected chi connectivity index (χ4v) is 1.34. The zero-order valence-electron chi connectivity index (χ0n) is 7.71. The van der Waals surface area contributed by atoms with Crippen molar-refractivity contribution in [1.29, 1.82) is 0 Å². The van der Waals surface area contributed by atoms with E-state index >= 15 is 0 Å². The Balaban J connectivity index is 3.14. The second-order valence-corrected chi connectivity index (χ2v) is 3.93. The Morgan fingerprint density at radius 2 is 2.07 bits per heavy atom. The molecule has 2 N–H and O–H groups in total. The third kappa shape index (κ3) is 3.18. The summed E-state index contributed by atoms with van der Waals surface area (Å²) in [7, 11) is -4.16. The molecule has 0 aliphatic rings. The van der Waals surface area contributed by atoms with Gasteiger partial charge in [-0.3, -0.25) is 10.1 Å². The van der Waals surface area contributed by atoms with E-state index < -0.39 is 15.2 Å². The van der Waals surface area contributed by atoms with Crippen LogP contribution in [0.1, 0.15) is 5.56 Å². The van der Waals surface area contributed by atoms with Gasteiger partial charge in [-0.05, 0) is 19.1 Å². The molecule has 0 saturated carbocycles. The van der Waals surface area contributed by atoms with Crippen LogP contribution in [0.2, 0.25) is 0 Å². The second-order valence-electron chi connectivity index (χ2n) is 2.78. The van der Waals surface area contributed by atoms with E-state index in [9.17, 15) is 18.5 Å². The van der Waals surface area contributed by atoms with Gasteiger partial charge < -0.3 is 4.18 Å². The van der Waals surface area contributed by atoms with Crippen LogP contribution in [-0.4, -0.2) is 13.3 Å². The highest BCUT2D eigenvalue weighted by atomic mass is 32.2. The van der Waals surface area contributed by atoms with Crippen molar-refractivity contribution in [2.45, 2.75) is 6.92 Å². The summed E-state index contributed by atoms with van der Waals surface area (Å²) < 4.78 is 25.4. The molecule has 0 heterocycles. The van der Waals surface area contributed by atoms with Crippen molar-refractivity contribution < 1.29 is 17.5 Å². The number of benzene rings is 1. The van der Waals surface area contributed by atoms with Gasteiger partial charge in [0.05, 0.1) is 11.0 Å². The van der Waals surface area contributed by atoms with Gasteiger partial charge in [-0.25, -0.2) is 0 Å². The molecule has 15 heavy (non-hydrogen) atoms. The molecule has 0 saturated heterocycles. The van der Waals surface area contributed by atoms with Crippen LogP contribution in [0.5, 0.6) is 5.75 Å². The van der Waals surface area contributed by atoms with Crippen molar-refractivity contribution >= 4 is 16.0 Å². The van der Waals surface area contributed by atoms with E-state index in [1.165, 1.54) is 19.1 Å². The first-order valence-electron chi connectivity index (χ1n) is 3.77. The van der Waals surface area contributed by atoms with Gasteiger partial charge in [0, 0.05) is 5.56 Å². The normalized spacial score (nSPS) is 11.1. The maximum absolute atomic E-state index is 10.6. The standard InChI is InChI=1S/C7H8N2O5S/c1-5-2-3-6(14-15(8,12)13)4-7(5)9(10)11/h2-4H,1H3,(H2,8,12,13). The molecule has 0 radical (unpaired) electrons. The minimum atomic E-state index is -4.16. The second kappa shape index (κ2) is 3.83. The minimum absolute atomic E-state index is 0.185. The van der Waals surface area contributed by atoms with E-state index in [-0.39, 0.29) is 11.4 Å². The summed E-state index contributed by atoms with van der Waals surface area (Å²) in [5.41, 5.74) is 0.179. The predicted octanol–water partition coefficient (Wildman–Crippen LogP) is 0.486. The van der Waals surface area contributed by atoms with Crippen LogP contribution in [0.3, 0.4) is 0 Å². The van der Waals surface area contributed by atoms with Crippen LogP contribution in [-0.2, 0) is 10.3 Å². The smallest absolute Gasteiger partial charge is 0.371 e. The average Bonchev–Trinajstić information content (AvgIpc) is 2.05. The van der Waals surface area contributed by atoms with E-state index in [2.05, 4.69) is 9.32 Å². The Bertz CT molecular complexity index is 496. The third-order valence-electron chi connectivity index (χ3n) is 1.59. The molecule has 0 spiro atoms. The number of hydrogen-bond acceptors (Lipinski definition) is 5. The molecule has 0 fully saturated rings. The number of aryl methyl sites for hydroxylation is 1. The van der Waals surface area contributed by atoms with Crippen molar-refractivity contribution in [2.75, 3.05) is 0 Å². The van der Waals surface area contributed by atoms with Crippen LogP contribution in [0.15, 0.2) is 18.2 Å². The van der Waals surface area contributed by atoms with Gasteiger partial charge in [-0.15, -0.1) is 0 Å². The molecule has 1 aromatic rings. The summed E-state index contributed by atoms with van der Waals surface area (Å²) >= 11 is 0. The van der Waals surface area contributed by atoms with Gasteiger partial charge in [0.2, 0.25) is 0 Å². The molecule has 8 heteroatoms. The first-order chi connectivity index (χ1) is 6.79. The minimum Gasteiger partial charge on any atom is -0.371 e. The summed E-state index contributed by atoms with van der Waals surface area (Å²) in [5, 5.41) is 15.1. The highest BCUT2D eigenvalue weighted by Gasteiger charge is 2.14. The number of nitro groups is 1. The van der Waals surface area contributed by atoms with Crippen molar-refractivity contribution in [2.24, 2.45) is 5.14 Å². The Kier molecular flexibility index (Phi) is 2.91. The van der Waals surface area contributed by atoms with E-state index in [4.69, 9.17) is 0 Å². The van der Waals surface area contributed by atoms with Gasteiger partial charge >= 0.3 is 10.3 Å². The molecule has 0 unspecified atom stereocenters. The van der Waals surface area contributed by atoms with Crippen LogP contribution in [0, 0.1) is 17.0 Å². The molecule has 82 valence electrons. The highest BCUT2D eigenvalue weighted by Crippen LogP contribution is 2.24. The lowest BCUT2D eigenvalue weighted by Gasteiger charge is -2.02. The molecule has 0 amide bonds. The Hall–Kier alpha value is -1.67. The first-order valence-corrected chi connectivity index (χ1v) is 5.24. The van der Waals surface area contributed by atoms with E-state index in [1.807, 2.05) is 0 Å². The number of hydrogen-bond donors (Lipinski definition) is 1. The fourth-order valence-electron chi connectivity index (χ4n) is 0.972. The van der Waals surface area contributed by atoms with Gasteiger partial charge in [0.15, 0.2) is 5.75 Å². The number of nitro benzene ring substituents is 1. The first kappa shape index (κ1) is 11.4. The SMILES string of the molecule is Cc1ccc(OS(N)(=O)=O)cc1[N+](=O)[O-]. The van der Waals surface area contributed by atoms with Crippen molar-refractivity contribution in [3.05, 3.63) is 33.9 Å². The zero-order chi connectivity index (χ0) is 11.6. The summed E-state index contributed by atoms with van der Waals surface area (Å²) in [5.74, 6) is -0.185. The molecular formula is C7H8N2O5S. The molecule has 0 aliphatic carbocycles. The maximum atomic E-state index is 10.6. The largest absolute Gasteiger partial charge is 0.380 e. The lowest BCUT2D eigenvalue weighted by atomic mass is 10.2. The summed E-state index contributed by atoms with van der Waals surface area (Å²) in [4.78, 5) is 9.88. The lowest BCUT2D eigenvalue weighted by Crippen LogP contribution is -2.19. The molecule has 7 nitrogen and oxygen atoms in total. The van der Waals surface area contributed by atoms with Crippen molar-refractivity contribution in [1.82, 2.24) is 0 Å². The van der Waals surface area contributed by atoms with Gasteiger partial charge in [0.25, 0.3) is 5.69 Å². The van der Waals surface area contributed by atoms with Crippen LogP contribution >= 0.6 is 0 Å². The number of rotatable bonds is 3. The molecule has 0 aromatic heterocycles. The lowest BCUT2D eigenvalue weighted by molar-refractivity contribution is -0.385. The summed E-state index contributed by atoms with van der Waals surface area (Å²) in [6, 6.07) is 3.66. The summed E-state index contributed by atoms with van der Waals surface area (Å²) in [6.07, 6.45) is 0. The van der Waals surface area contributed by atoms with Crippen LogP contribution < -0.4 is 9.32 Å². The average molecular weight is 232 g/mol. The molecule has 0 atom stereocenters. The topological polar surface area (TPSA) is 113 Å². The molecule has 0 aliphatic heterocycles. The van der Waals surface area contributed by atoms with Crippen molar-refractivity contribution in [3.8, 4) is 5.75 Å². The molecular weight excluding hydrogens is 224 g/mol. The number of nitrogens with two attached hydrogens (primary N) is 1. The molecule has 0 bridgehead atoms. The number of nitrogens with zero attached hydrogens (tertiary/aromatic N) is 1. The maximum Gasteiger partial charge on any atom is 0.380 e. The summed E-state index contributed by atoms with van der Waals surface area (Å²) in [6.45, 7) is 1.53. The van der Waals surface area contributed by atoms with E-state index in [1.54, 1.807) is 0 Å². The van der Waals surface area contributed by atoms with Gasteiger partial charge in [0.1, 0.15) is 0 Å². The fraction of sp³-hybridized carbons (Fsp3) is 0.143. The van der Waals surface area contributed by atoms with Gasteiger partial charge in [-0.1, -0.05) is 0 Å². The zero-order valence-corrected chi connectivity index (χ0v) is 8.52. The Morgan fingerprint density at radius 1 is 1.47 bits per heavy atom. The van der Waals surface area contributed by atoms with Crippen LogP contribution in [0.4, 0.5) is 5.69 Å². The Labute approximate surface area is 85.9 Å². The van der Waals surface area contributed by atoms with E-state index in [0.717, 1.165) is 6.07 Å². The molecule has 1 rings (SSSR count). The van der Waals surface area contributed by atoms with Crippen molar-refractivity contribution in [3.63, 3.8) is 0 Å². The highest BCUT2D eigenvalue weighted by molar-refractivity contribution is 7.84.